The molecular formula is C15H12N2O6. The molecule has 0 radical (unpaired) electrons. The van der Waals surface area contributed by atoms with Crippen molar-refractivity contribution in [2.24, 2.45) is 11.8 Å². The zero-order valence-corrected chi connectivity index (χ0v) is 11.8. The minimum Gasteiger partial charge on any atom is -0.481 e. The van der Waals surface area contributed by atoms with Crippen molar-refractivity contribution in [3.8, 4) is 0 Å². The number of aliphatic carboxylic acids is 1. The van der Waals surface area contributed by atoms with Gasteiger partial charge in [-0.1, -0.05) is 12.2 Å². The van der Waals surface area contributed by atoms with E-state index in [0.717, 1.165) is 0 Å². The van der Waals surface area contributed by atoms with E-state index in [1.54, 1.807) is 12.2 Å². The van der Waals surface area contributed by atoms with Crippen LogP contribution >= 0.6 is 0 Å². The van der Waals surface area contributed by atoms with Gasteiger partial charge in [-0.05, 0) is 12.1 Å². The lowest BCUT2D eigenvalue weighted by Crippen LogP contribution is -2.39. The average Bonchev–Trinajstić information content (AvgIpc) is 3.15. The van der Waals surface area contributed by atoms with E-state index in [1.165, 1.54) is 29.2 Å². The summed E-state index contributed by atoms with van der Waals surface area (Å²) in [4.78, 5) is 35.8. The SMILES string of the molecule is O=C(O)[C@@H]1[C@@H]2C=C[C@]3(CN(c4ccc([N+](=O)[O-])cc4)C(=O)[C@@H]13)O2. The third-order valence-corrected chi connectivity index (χ3v) is 4.76. The summed E-state index contributed by atoms with van der Waals surface area (Å²) in [7, 11) is 0. The number of hydrogen-bond acceptors (Lipinski definition) is 5. The van der Waals surface area contributed by atoms with Crippen LogP contribution in [0.2, 0.25) is 0 Å². The van der Waals surface area contributed by atoms with Crippen LogP contribution in [0.4, 0.5) is 11.4 Å². The summed E-state index contributed by atoms with van der Waals surface area (Å²) in [6.07, 6.45) is 2.90. The van der Waals surface area contributed by atoms with Gasteiger partial charge in [-0.25, -0.2) is 0 Å². The maximum atomic E-state index is 12.7. The van der Waals surface area contributed by atoms with Gasteiger partial charge in [0.05, 0.1) is 23.5 Å². The highest BCUT2D eigenvalue weighted by atomic mass is 16.6. The fourth-order valence-electron chi connectivity index (χ4n) is 3.75. The summed E-state index contributed by atoms with van der Waals surface area (Å²) in [6, 6.07) is 5.60. The summed E-state index contributed by atoms with van der Waals surface area (Å²) >= 11 is 0. The molecule has 1 aromatic rings. The molecule has 1 amide bonds. The highest BCUT2D eigenvalue weighted by Gasteiger charge is 2.67. The minimum atomic E-state index is -1.05. The highest BCUT2D eigenvalue weighted by molar-refractivity contribution is 6.02. The fraction of sp³-hybridized carbons (Fsp3) is 0.333. The molecule has 2 fully saturated rings. The Morgan fingerprint density at radius 1 is 1.39 bits per heavy atom. The number of rotatable bonds is 3. The molecular weight excluding hydrogens is 304 g/mol. The molecule has 0 unspecified atom stereocenters. The Hall–Kier alpha value is -2.74. The average molecular weight is 316 g/mol. The second kappa shape index (κ2) is 4.39. The van der Waals surface area contributed by atoms with Crippen LogP contribution in [0.1, 0.15) is 0 Å². The molecule has 3 aliphatic heterocycles. The van der Waals surface area contributed by atoms with Crippen LogP contribution in [0.25, 0.3) is 0 Å². The number of amides is 1. The number of nitro benzene ring substituents is 1. The molecule has 0 aromatic heterocycles. The predicted octanol–water partition coefficient (Wildman–Crippen LogP) is 0.966. The molecule has 0 saturated carbocycles. The van der Waals surface area contributed by atoms with Crippen LogP contribution < -0.4 is 4.90 Å². The van der Waals surface area contributed by atoms with E-state index in [9.17, 15) is 24.8 Å². The van der Waals surface area contributed by atoms with Crippen LogP contribution in [0, 0.1) is 22.0 Å². The molecule has 1 spiro atoms. The summed E-state index contributed by atoms with van der Waals surface area (Å²) in [5.74, 6) is -3.02. The minimum absolute atomic E-state index is 0.0701. The Morgan fingerprint density at radius 3 is 2.70 bits per heavy atom. The van der Waals surface area contributed by atoms with Crippen LogP contribution in [0.5, 0.6) is 0 Å². The highest BCUT2D eigenvalue weighted by Crippen LogP contribution is 2.52. The summed E-state index contributed by atoms with van der Waals surface area (Å²) in [5.41, 5.74) is -0.486. The molecule has 2 bridgehead atoms. The first-order valence-corrected chi connectivity index (χ1v) is 7.09. The fourth-order valence-corrected chi connectivity index (χ4v) is 3.75. The third kappa shape index (κ3) is 1.75. The first-order chi connectivity index (χ1) is 10.9. The molecule has 1 aromatic carbocycles. The number of carboxylic acids is 1. The summed E-state index contributed by atoms with van der Waals surface area (Å²) in [6.45, 7) is 0.213. The maximum absolute atomic E-state index is 12.7. The van der Waals surface area contributed by atoms with E-state index in [2.05, 4.69) is 0 Å². The lowest BCUT2D eigenvalue weighted by atomic mass is 9.77. The van der Waals surface area contributed by atoms with E-state index in [0.29, 0.717) is 5.69 Å². The van der Waals surface area contributed by atoms with Gasteiger partial charge < -0.3 is 14.7 Å². The number of fused-ring (bicyclic) bond motifs is 1. The normalized spacial score (nSPS) is 34.0. The van der Waals surface area contributed by atoms with Gasteiger partial charge in [0, 0.05) is 17.8 Å². The van der Waals surface area contributed by atoms with Gasteiger partial charge in [0.1, 0.15) is 11.5 Å². The topological polar surface area (TPSA) is 110 Å². The van der Waals surface area contributed by atoms with E-state index < -0.39 is 34.4 Å². The monoisotopic (exact) mass is 316 g/mol. The summed E-state index contributed by atoms with van der Waals surface area (Å²) in [5, 5.41) is 20.1. The Bertz CT molecular complexity index is 758. The smallest absolute Gasteiger partial charge is 0.310 e. The number of anilines is 1. The van der Waals surface area contributed by atoms with Gasteiger partial charge in [-0.15, -0.1) is 0 Å². The Morgan fingerprint density at radius 2 is 2.09 bits per heavy atom. The van der Waals surface area contributed by atoms with Gasteiger partial charge in [0.25, 0.3) is 5.69 Å². The molecule has 3 aliphatic rings. The molecule has 8 nitrogen and oxygen atoms in total. The number of carbonyl (C=O) groups excluding carboxylic acids is 1. The zero-order valence-electron chi connectivity index (χ0n) is 11.8. The first-order valence-electron chi connectivity index (χ1n) is 7.09. The molecule has 118 valence electrons. The van der Waals surface area contributed by atoms with E-state index in [4.69, 9.17) is 4.74 Å². The van der Waals surface area contributed by atoms with E-state index >= 15 is 0 Å². The molecule has 1 N–H and O–H groups in total. The van der Waals surface area contributed by atoms with E-state index in [1.807, 2.05) is 0 Å². The quantitative estimate of drug-likeness (QED) is 0.505. The molecule has 4 rings (SSSR count). The number of carbonyl (C=O) groups is 2. The second-order valence-corrected chi connectivity index (χ2v) is 5.94. The standard InChI is InChI=1S/C15H12N2O6/c18-13-12-11(14(19)20)10-5-6-15(12,23-10)7-16(13)8-1-3-9(4-2-8)17(21)22/h1-6,10-12H,7H2,(H,19,20)/t10-,11+,12+,15+/m0/s1. The Labute approximate surface area is 130 Å². The Kier molecular flexibility index (Phi) is 2.65. The van der Waals surface area contributed by atoms with Crippen molar-refractivity contribution in [1.29, 1.82) is 0 Å². The number of nitro groups is 1. The van der Waals surface area contributed by atoms with Gasteiger partial charge in [-0.2, -0.15) is 0 Å². The van der Waals surface area contributed by atoms with Gasteiger partial charge >= 0.3 is 5.97 Å². The largest absolute Gasteiger partial charge is 0.481 e. The van der Waals surface area contributed by atoms with Gasteiger partial charge in [0.2, 0.25) is 5.91 Å². The predicted molar refractivity (Wildman–Crippen MR) is 76.8 cm³/mol. The van der Waals surface area contributed by atoms with Crippen molar-refractivity contribution < 1.29 is 24.4 Å². The van der Waals surface area contributed by atoms with Crippen molar-refractivity contribution in [3.63, 3.8) is 0 Å². The second-order valence-electron chi connectivity index (χ2n) is 5.94. The summed E-state index contributed by atoms with van der Waals surface area (Å²) < 4.78 is 5.78. The molecule has 4 atom stereocenters. The molecule has 8 heteroatoms. The first kappa shape index (κ1) is 13.9. The van der Waals surface area contributed by atoms with Gasteiger partial charge in [0.15, 0.2) is 0 Å². The molecule has 2 saturated heterocycles. The van der Waals surface area contributed by atoms with Crippen molar-refractivity contribution >= 4 is 23.3 Å². The number of nitrogens with zero attached hydrogens (tertiary/aromatic N) is 2. The van der Waals surface area contributed by atoms with Crippen LogP contribution in [-0.2, 0) is 14.3 Å². The maximum Gasteiger partial charge on any atom is 0.310 e. The van der Waals surface area contributed by atoms with Crippen LogP contribution in [-0.4, -0.2) is 40.2 Å². The lowest BCUT2D eigenvalue weighted by molar-refractivity contribution is -0.384. The van der Waals surface area contributed by atoms with Crippen molar-refractivity contribution in [3.05, 3.63) is 46.5 Å². The van der Waals surface area contributed by atoms with E-state index in [-0.39, 0.29) is 18.1 Å². The zero-order chi connectivity index (χ0) is 16.4. The van der Waals surface area contributed by atoms with Crippen molar-refractivity contribution in [2.75, 3.05) is 11.4 Å². The molecule has 0 aliphatic carbocycles. The lowest BCUT2D eigenvalue weighted by Gasteiger charge is -2.21. The Balaban J connectivity index is 1.69. The van der Waals surface area contributed by atoms with Crippen molar-refractivity contribution in [2.45, 2.75) is 11.7 Å². The van der Waals surface area contributed by atoms with Gasteiger partial charge in [-0.3, -0.25) is 19.7 Å². The number of non-ortho nitro benzene ring substituents is 1. The number of carboxylic acid groups (broad SMARTS) is 1. The van der Waals surface area contributed by atoms with Crippen LogP contribution in [0.15, 0.2) is 36.4 Å². The van der Waals surface area contributed by atoms with Crippen molar-refractivity contribution in [1.82, 2.24) is 0 Å². The third-order valence-electron chi connectivity index (χ3n) is 4.76. The number of hydrogen-bond donors (Lipinski definition) is 1. The molecule has 23 heavy (non-hydrogen) atoms. The van der Waals surface area contributed by atoms with Crippen LogP contribution in [0.3, 0.4) is 0 Å². The number of benzene rings is 1. The number of ether oxygens (including phenoxy) is 1. The molecule has 3 heterocycles.